The summed E-state index contributed by atoms with van der Waals surface area (Å²) in [5.41, 5.74) is 2.76. The molecule has 2 rings (SSSR count). The van der Waals surface area contributed by atoms with Crippen LogP contribution in [-0.2, 0) is 0 Å². The highest BCUT2D eigenvalue weighted by atomic mass is 14.3. The van der Waals surface area contributed by atoms with Gasteiger partial charge in [-0.15, -0.1) is 0 Å². The zero-order valence-electron chi connectivity index (χ0n) is 11.0. The third kappa shape index (κ3) is 3.21. The summed E-state index contributed by atoms with van der Waals surface area (Å²) in [5, 5.41) is 0. The second kappa shape index (κ2) is 6.05. The Morgan fingerprint density at radius 1 is 1.12 bits per heavy atom. The van der Waals surface area contributed by atoms with Crippen LogP contribution in [0.1, 0.15) is 62.5 Å². The second-order valence-corrected chi connectivity index (χ2v) is 5.38. The maximum Gasteiger partial charge on any atom is -0.0162 e. The molecule has 1 aromatic carbocycles. The quantitative estimate of drug-likeness (QED) is 0.647. The summed E-state index contributed by atoms with van der Waals surface area (Å²) in [6.45, 7) is 6.11. The van der Waals surface area contributed by atoms with E-state index in [1.54, 1.807) is 0 Å². The molecule has 0 aliphatic heterocycles. The van der Waals surface area contributed by atoms with E-state index in [1.807, 2.05) is 6.08 Å². The predicted octanol–water partition coefficient (Wildman–Crippen LogP) is 5.40. The SMILES string of the molecule is C=Cc1ccc(C2CCC(CCC)CC2)cc1. The van der Waals surface area contributed by atoms with Crippen molar-refractivity contribution in [3.8, 4) is 0 Å². The van der Waals surface area contributed by atoms with Crippen LogP contribution in [0.25, 0.3) is 6.08 Å². The molecule has 0 atom stereocenters. The minimum atomic E-state index is 0.807. The molecule has 0 bridgehead atoms. The molecule has 1 aliphatic rings. The molecule has 0 nitrogen and oxygen atoms in total. The fourth-order valence-electron chi connectivity index (χ4n) is 3.10. The van der Waals surface area contributed by atoms with E-state index in [-0.39, 0.29) is 0 Å². The Kier molecular flexibility index (Phi) is 4.42. The van der Waals surface area contributed by atoms with E-state index < -0.39 is 0 Å². The summed E-state index contributed by atoms with van der Waals surface area (Å²) >= 11 is 0. The van der Waals surface area contributed by atoms with E-state index in [9.17, 15) is 0 Å². The van der Waals surface area contributed by atoms with Crippen LogP contribution in [-0.4, -0.2) is 0 Å². The van der Waals surface area contributed by atoms with Gasteiger partial charge in [0, 0.05) is 0 Å². The van der Waals surface area contributed by atoms with Crippen LogP contribution in [0.2, 0.25) is 0 Å². The van der Waals surface area contributed by atoms with Gasteiger partial charge in [0.05, 0.1) is 0 Å². The third-order valence-electron chi connectivity index (χ3n) is 4.19. The molecular weight excluding hydrogens is 204 g/mol. The first-order valence-electron chi connectivity index (χ1n) is 7.06. The van der Waals surface area contributed by atoms with Crippen molar-refractivity contribution in [3.63, 3.8) is 0 Å². The largest absolute Gasteiger partial charge is 0.0985 e. The van der Waals surface area contributed by atoms with Gasteiger partial charge in [-0.3, -0.25) is 0 Å². The van der Waals surface area contributed by atoms with Crippen molar-refractivity contribution in [2.45, 2.75) is 51.4 Å². The Bertz CT molecular complexity index is 339. The maximum absolute atomic E-state index is 3.80. The lowest BCUT2D eigenvalue weighted by atomic mass is 9.77. The molecule has 0 radical (unpaired) electrons. The number of rotatable bonds is 4. The standard InChI is InChI=1S/C17H24/c1-3-5-15-8-12-17(13-9-15)16-10-6-14(4-2)7-11-16/h4,6-7,10-11,15,17H,2-3,5,8-9,12-13H2,1H3. The van der Waals surface area contributed by atoms with Crippen molar-refractivity contribution in [2.24, 2.45) is 5.92 Å². The molecule has 1 aliphatic carbocycles. The number of hydrogen-bond acceptors (Lipinski definition) is 0. The topological polar surface area (TPSA) is 0 Å². The summed E-state index contributed by atoms with van der Waals surface area (Å²) in [7, 11) is 0. The summed E-state index contributed by atoms with van der Waals surface area (Å²) in [5.74, 6) is 1.81. The molecule has 92 valence electrons. The molecule has 17 heavy (non-hydrogen) atoms. The fourth-order valence-corrected chi connectivity index (χ4v) is 3.10. The van der Waals surface area contributed by atoms with Gasteiger partial charge in [0.15, 0.2) is 0 Å². The molecule has 1 saturated carbocycles. The zero-order valence-corrected chi connectivity index (χ0v) is 11.0. The van der Waals surface area contributed by atoms with Crippen molar-refractivity contribution in [3.05, 3.63) is 42.0 Å². The minimum Gasteiger partial charge on any atom is -0.0985 e. The molecule has 0 heteroatoms. The van der Waals surface area contributed by atoms with E-state index in [0.717, 1.165) is 11.8 Å². The lowest BCUT2D eigenvalue weighted by molar-refractivity contribution is 0.308. The van der Waals surface area contributed by atoms with E-state index >= 15 is 0 Å². The van der Waals surface area contributed by atoms with Crippen molar-refractivity contribution in [2.75, 3.05) is 0 Å². The van der Waals surface area contributed by atoms with Crippen molar-refractivity contribution < 1.29 is 0 Å². The van der Waals surface area contributed by atoms with Gasteiger partial charge in [-0.25, -0.2) is 0 Å². The van der Waals surface area contributed by atoms with Gasteiger partial charge in [0.1, 0.15) is 0 Å². The van der Waals surface area contributed by atoms with Gasteiger partial charge in [-0.1, -0.05) is 56.7 Å². The zero-order chi connectivity index (χ0) is 12.1. The molecule has 0 saturated heterocycles. The van der Waals surface area contributed by atoms with Crippen LogP contribution >= 0.6 is 0 Å². The highest BCUT2D eigenvalue weighted by Gasteiger charge is 2.21. The second-order valence-electron chi connectivity index (χ2n) is 5.38. The van der Waals surface area contributed by atoms with E-state index in [0.29, 0.717) is 0 Å². The lowest BCUT2D eigenvalue weighted by Gasteiger charge is -2.28. The molecule has 0 aromatic heterocycles. The van der Waals surface area contributed by atoms with Crippen LogP contribution in [0.4, 0.5) is 0 Å². The van der Waals surface area contributed by atoms with Crippen LogP contribution in [0.5, 0.6) is 0 Å². The summed E-state index contributed by atoms with van der Waals surface area (Å²) in [6.07, 6.45) is 10.3. The van der Waals surface area contributed by atoms with E-state index in [1.165, 1.54) is 49.7 Å². The van der Waals surface area contributed by atoms with Crippen LogP contribution in [0.15, 0.2) is 30.8 Å². The van der Waals surface area contributed by atoms with Gasteiger partial charge in [-0.05, 0) is 48.6 Å². The van der Waals surface area contributed by atoms with Crippen LogP contribution in [0.3, 0.4) is 0 Å². The highest BCUT2D eigenvalue weighted by molar-refractivity contribution is 5.47. The number of benzene rings is 1. The number of hydrogen-bond donors (Lipinski definition) is 0. The Labute approximate surface area is 106 Å². The first-order valence-corrected chi connectivity index (χ1v) is 7.06. The Morgan fingerprint density at radius 3 is 2.29 bits per heavy atom. The Balaban J connectivity index is 1.93. The van der Waals surface area contributed by atoms with Gasteiger partial charge >= 0.3 is 0 Å². The van der Waals surface area contributed by atoms with E-state index in [2.05, 4.69) is 37.8 Å². The van der Waals surface area contributed by atoms with Crippen molar-refractivity contribution >= 4 is 6.08 Å². The highest BCUT2D eigenvalue weighted by Crippen LogP contribution is 2.37. The van der Waals surface area contributed by atoms with Crippen LogP contribution < -0.4 is 0 Å². The first kappa shape index (κ1) is 12.4. The van der Waals surface area contributed by atoms with Gasteiger partial charge < -0.3 is 0 Å². The third-order valence-corrected chi connectivity index (χ3v) is 4.19. The Morgan fingerprint density at radius 2 is 1.76 bits per heavy atom. The molecule has 0 heterocycles. The summed E-state index contributed by atoms with van der Waals surface area (Å²) < 4.78 is 0. The predicted molar refractivity (Wildman–Crippen MR) is 76.1 cm³/mol. The fraction of sp³-hybridized carbons (Fsp3) is 0.529. The lowest BCUT2D eigenvalue weighted by Crippen LogP contribution is -2.13. The maximum atomic E-state index is 3.80. The summed E-state index contributed by atoms with van der Waals surface area (Å²) in [4.78, 5) is 0. The average Bonchev–Trinajstić information content (AvgIpc) is 2.40. The van der Waals surface area contributed by atoms with Gasteiger partial charge in [0.2, 0.25) is 0 Å². The first-order chi connectivity index (χ1) is 8.33. The van der Waals surface area contributed by atoms with Crippen molar-refractivity contribution in [1.82, 2.24) is 0 Å². The summed E-state index contributed by atoms with van der Waals surface area (Å²) in [6, 6.07) is 8.98. The van der Waals surface area contributed by atoms with Gasteiger partial charge in [0.25, 0.3) is 0 Å². The monoisotopic (exact) mass is 228 g/mol. The molecule has 1 fully saturated rings. The van der Waals surface area contributed by atoms with Crippen LogP contribution in [0, 0.1) is 5.92 Å². The molecule has 0 N–H and O–H groups in total. The molecule has 0 unspecified atom stereocenters. The normalized spacial score (nSPS) is 24.5. The molecule has 0 spiro atoms. The van der Waals surface area contributed by atoms with Gasteiger partial charge in [-0.2, -0.15) is 0 Å². The molecule has 1 aromatic rings. The molecule has 0 amide bonds. The minimum absolute atomic E-state index is 0.807. The molecular formula is C17H24. The van der Waals surface area contributed by atoms with E-state index in [4.69, 9.17) is 0 Å². The smallest absolute Gasteiger partial charge is 0.0162 e. The Hall–Kier alpha value is -1.04. The average molecular weight is 228 g/mol. The van der Waals surface area contributed by atoms with Crippen molar-refractivity contribution in [1.29, 1.82) is 0 Å².